The molecule has 0 atom stereocenters. The number of hydrogen-bond donors (Lipinski definition) is 1. The van der Waals surface area contributed by atoms with Gasteiger partial charge in [-0.1, -0.05) is 18.2 Å². The molecule has 154 valence electrons. The van der Waals surface area contributed by atoms with Crippen LogP contribution in [0.4, 0.5) is 5.69 Å². The normalized spacial score (nSPS) is 11.2. The summed E-state index contributed by atoms with van der Waals surface area (Å²) in [6.07, 6.45) is 0.160. The number of hydrogen-bond acceptors (Lipinski definition) is 5. The van der Waals surface area contributed by atoms with Gasteiger partial charge >= 0.3 is 0 Å². The van der Waals surface area contributed by atoms with Crippen LogP contribution < -0.4 is 5.32 Å². The highest BCUT2D eigenvalue weighted by Gasteiger charge is 2.16. The van der Waals surface area contributed by atoms with Crippen LogP contribution in [0.3, 0.4) is 0 Å². The summed E-state index contributed by atoms with van der Waals surface area (Å²) in [6, 6.07) is 19.7. The fraction of sp³-hybridized carbons (Fsp3) is 0.125. The van der Waals surface area contributed by atoms with E-state index in [1.165, 1.54) is 0 Å². The zero-order valence-corrected chi connectivity index (χ0v) is 17.9. The minimum Gasteiger partial charge on any atom is -0.440 e. The Labute approximate surface area is 183 Å². The predicted molar refractivity (Wildman–Crippen MR) is 123 cm³/mol. The Kier molecular flexibility index (Phi) is 4.88. The predicted octanol–water partition coefficient (Wildman–Crippen LogP) is 5.45. The van der Waals surface area contributed by atoms with Crippen LogP contribution >= 0.6 is 11.3 Å². The molecule has 1 amide bonds. The third-order valence-corrected chi connectivity index (χ3v) is 6.02. The summed E-state index contributed by atoms with van der Waals surface area (Å²) in [5.41, 5.74) is 4.41. The summed E-state index contributed by atoms with van der Waals surface area (Å²) >= 11 is 1.56. The lowest BCUT2D eigenvalue weighted by Gasteiger charge is -2.06. The summed E-state index contributed by atoms with van der Waals surface area (Å²) in [4.78, 5) is 22.7. The summed E-state index contributed by atoms with van der Waals surface area (Å²) in [7, 11) is 2.01. The van der Waals surface area contributed by atoms with Crippen LogP contribution in [0, 0.1) is 6.92 Å². The van der Waals surface area contributed by atoms with Crippen molar-refractivity contribution in [2.75, 3.05) is 5.32 Å². The molecule has 0 bridgehead atoms. The number of para-hydroxylation sites is 2. The van der Waals surface area contributed by atoms with Gasteiger partial charge in [-0.3, -0.25) is 4.79 Å². The molecule has 6 nitrogen and oxygen atoms in total. The van der Waals surface area contributed by atoms with Gasteiger partial charge in [0.25, 0.3) is 0 Å². The van der Waals surface area contributed by atoms with Crippen molar-refractivity contribution in [2.24, 2.45) is 7.05 Å². The van der Waals surface area contributed by atoms with Crippen LogP contribution in [0.15, 0.2) is 70.5 Å². The van der Waals surface area contributed by atoms with Gasteiger partial charge in [0.1, 0.15) is 11.6 Å². The number of carbonyl (C=O) groups is 1. The molecule has 0 saturated heterocycles. The zero-order chi connectivity index (χ0) is 21.4. The van der Waals surface area contributed by atoms with Gasteiger partial charge in [0.05, 0.1) is 28.0 Å². The van der Waals surface area contributed by atoms with Gasteiger partial charge in [-0.15, -0.1) is 11.3 Å². The standard InChI is InChI=1S/C24H20N4O2S/c1-15-19(27-24(30-15)21-8-5-13-31-21)14-22(29)25-17-11-9-16(10-12-17)23-26-18-6-3-4-7-20(18)28(23)2/h3-13H,14H2,1-2H3,(H,25,29). The molecule has 3 aromatic heterocycles. The Morgan fingerprint density at radius 3 is 2.61 bits per heavy atom. The number of nitrogens with zero attached hydrogens (tertiary/aromatic N) is 3. The monoisotopic (exact) mass is 428 g/mol. The molecule has 2 aromatic carbocycles. The largest absolute Gasteiger partial charge is 0.440 e. The van der Waals surface area contributed by atoms with Crippen molar-refractivity contribution in [1.29, 1.82) is 0 Å². The number of thiophene rings is 1. The van der Waals surface area contributed by atoms with E-state index in [0.29, 0.717) is 17.3 Å². The van der Waals surface area contributed by atoms with E-state index in [0.717, 1.165) is 33.0 Å². The maximum Gasteiger partial charge on any atom is 0.236 e. The summed E-state index contributed by atoms with van der Waals surface area (Å²) < 4.78 is 7.79. The number of nitrogens with one attached hydrogen (secondary N) is 1. The van der Waals surface area contributed by atoms with Crippen LogP contribution in [0.1, 0.15) is 11.5 Å². The maximum atomic E-state index is 12.5. The van der Waals surface area contributed by atoms with E-state index in [2.05, 4.69) is 20.9 Å². The summed E-state index contributed by atoms with van der Waals surface area (Å²) in [5.74, 6) is 1.97. The molecular formula is C24H20N4O2S. The highest BCUT2D eigenvalue weighted by atomic mass is 32.1. The SMILES string of the molecule is Cc1oc(-c2cccs2)nc1CC(=O)Nc1ccc(-c2nc3ccccc3n2C)cc1. The minimum atomic E-state index is -0.135. The van der Waals surface area contributed by atoms with Crippen LogP contribution in [0.25, 0.3) is 33.2 Å². The van der Waals surface area contributed by atoms with Gasteiger partial charge in [-0.05, 0) is 54.8 Å². The summed E-state index contributed by atoms with van der Waals surface area (Å²) in [5, 5.41) is 4.91. The lowest BCUT2D eigenvalue weighted by Crippen LogP contribution is -2.15. The zero-order valence-electron chi connectivity index (χ0n) is 17.1. The molecule has 0 aliphatic rings. The Balaban J connectivity index is 1.30. The molecule has 0 fully saturated rings. The van der Waals surface area contributed by atoms with E-state index < -0.39 is 0 Å². The molecule has 0 radical (unpaired) electrons. The van der Waals surface area contributed by atoms with E-state index in [4.69, 9.17) is 9.40 Å². The quantitative estimate of drug-likeness (QED) is 0.404. The average molecular weight is 429 g/mol. The van der Waals surface area contributed by atoms with Gasteiger partial charge in [-0.25, -0.2) is 9.97 Å². The van der Waals surface area contributed by atoms with Crippen molar-refractivity contribution in [1.82, 2.24) is 14.5 Å². The molecular weight excluding hydrogens is 408 g/mol. The van der Waals surface area contributed by atoms with Crippen molar-refractivity contribution in [3.05, 3.63) is 77.5 Å². The number of aryl methyl sites for hydroxylation is 2. The third kappa shape index (κ3) is 3.75. The molecule has 5 aromatic rings. The minimum absolute atomic E-state index is 0.135. The Morgan fingerprint density at radius 2 is 1.87 bits per heavy atom. The van der Waals surface area contributed by atoms with E-state index >= 15 is 0 Å². The fourth-order valence-corrected chi connectivity index (χ4v) is 4.21. The number of benzene rings is 2. The highest BCUT2D eigenvalue weighted by Crippen LogP contribution is 2.27. The molecule has 0 aliphatic heterocycles. The van der Waals surface area contributed by atoms with Crippen molar-refractivity contribution in [3.8, 4) is 22.2 Å². The number of rotatable bonds is 5. The van der Waals surface area contributed by atoms with Crippen LogP contribution in [0.2, 0.25) is 0 Å². The van der Waals surface area contributed by atoms with Crippen LogP contribution in [-0.4, -0.2) is 20.4 Å². The Morgan fingerprint density at radius 1 is 1.06 bits per heavy atom. The van der Waals surface area contributed by atoms with Crippen LogP contribution in [0.5, 0.6) is 0 Å². The number of carbonyl (C=O) groups excluding carboxylic acids is 1. The van der Waals surface area contributed by atoms with Gasteiger partial charge < -0.3 is 14.3 Å². The van der Waals surface area contributed by atoms with Crippen molar-refractivity contribution in [3.63, 3.8) is 0 Å². The second-order valence-electron chi connectivity index (χ2n) is 7.28. The topological polar surface area (TPSA) is 73.0 Å². The highest BCUT2D eigenvalue weighted by molar-refractivity contribution is 7.13. The van der Waals surface area contributed by atoms with E-state index in [1.807, 2.05) is 73.9 Å². The lowest BCUT2D eigenvalue weighted by molar-refractivity contribution is -0.115. The average Bonchev–Trinajstić information content (AvgIpc) is 3.49. The number of imidazole rings is 1. The van der Waals surface area contributed by atoms with Gasteiger partial charge in [-0.2, -0.15) is 0 Å². The molecule has 3 heterocycles. The molecule has 0 spiro atoms. The van der Waals surface area contributed by atoms with E-state index in [-0.39, 0.29) is 12.3 Å². The number of anilines is 1. The van der Waals surface area contributed by atoms with Gasteiger partial charge in [0, 0.05) is 18.3 Å². The van der Waals surface area contributed by atoms with Gasteiger partial charge in [0.15, 0.2) is 0 Å². The molecule has 5 rings (SSSR count). The molecule has 1 N–H and O–H groups in total. The van der Waals surface area contributed by atoms with Crippen molar-refractivity contribution >= 4 is 34.0 Å². The first-order valence-corrected chi connectivity index (χ1v) is 10.8. The second kappa shape index (κ2) is 7.85. The smallest absolute Gasteiger partial charge is 0.236 e. The molecule has 0 unspecified atom stereocenters. The Hall–Kier alpha value is -3.71. The number of aromatic nitrogens is 3. The maximum absolute atomic E-state index is 12.5. The van der Waals surface area contributed by atoms with Crippen molar-refractivity contribution < 1.29 is 9.21 Å². The number of fused-ring (bicyclic) bond motifs is 1. The second-order valence-corrected chi connectivity index (χ2v) is 8.23. The van der Waals surface area contributed by atoms with Crippen LogP contribution in [-0.2, 0) is 18.3 Å². The molecule has 31 heavy (non-hydrogen) atoms. The first-order chi connectivity index (χ1) is 15.1. The van der Waals surface area contributed by atoms with E-state index in [1.54, 1.807) is 11.3 Å². The van der Waals surface area contributed by atoms with Crippen molar-refractivity contribution in [2.45, 2.75) is 13.3 Å². The first kappa shape index (κ1) is 19.3. The number of amides is 1. The Bertz CT molecular complexity index is 1360. The fourth-order valence-electron chi connectivity index (χ4n) is 3.56. The molecule has 0 aliphatic carbocycles. The third-order valence-electron chi connectivity index (χ3n) is 5.17. The number of oxazole rings is 1. The molecule has 7 heteroatoms. The first-order valence-electron chi connectivity index (χ1n) is 9.90. The summed E-state index contributed by atoms with van der Waals surface area (Å²) in [6.45, 7) is 1.83. The van der Waals surface area contributed by atoms with Gasteiger partial charge in [0.2, 0.25) is 11.8 Å². The van der Waals surface area contributed by atoms with E-state index in [9.17, 15) is 4.79 Å². The molecule has 0 saturated carbocycles. The lowest BCUT2D eigenvalue weighted by atomic mass is 10.2.